The van der Waals surface area contributed by atoms with Crippen molar-refractivity contribution in [2.24, 2.45) is 0 Å². The monoisotopic (exact) mass is 371 g/mol. The first-order valence-electron chi connectivity index (χ1n) is 8.50. The highest BCUT2D eigenvalue weighted by molar-refractivity contribution is 7.99. The van der Waals surface area contributed by atoms with Crippen molar-refractivity contribution in [2.45, 2.75) is 24.3 Å². The first kappa shape index (κ1) is 19.9. The molecule has 138 valence electrons. The average molecular weight is 372 g/mol. The van der Waals surface area contributed by atoms with E-state index < -0.39 is 0 Å². The number of methoxy groups -OCH3 is 2. The summed E-state index contributed by atoms with van der Waals surface area (Å²) in [5.41, 5.74) is 1.66. The molecule has 4 nitrogen and oxygen atoms in total. The number of rotatable bonds is 9. The molecular weight excluding hydrogens is 346 g/mol. The second kappa shape index (κ2) is 9.92. The van der Waals surface area contributed by atoms with E-state index in [4.69, 9.17) is 9.47 Å². The minimum Gasteiger partial charge on any atom is -0.493 e. The minimum absolute atomic E-state index is 0.0844. The van der Waals surface area contributed by atoms with Crippen LogP contribution in [0.25, 0.3) is 0 Å². The van der Waals surface area contributed by atoms with Crippen LogP contribution >= 0.6 is 11.8 Å². The number of hydrogen-bond acceptors (Lipinski definition) is 4. The summed E-state index contributed by atoms with van der Waals surface area (Å²) in [6.45, 7) is 5.78. The van der Waals surface area contributed by atoms with Gasteiger partial charge in [0.1, 0.15) is 0 Å². The van der Waals surface area contributed by atoms with Crippen molar-refractivity contribution < 1.29 is 14.3 Å². The van der Waals surface area contributed by atoms with E-state index in [1.54, 1.807) is 26.0 Å². The maximum atomic E-state index is 12.8. The van der Waals surface area contributed by atoms with E-state index in [0.29, 0.717) is 17.1 Å². The highest BCUT2D eigenvalue weighted by Crippen LogP contribution is 2.31. The van der Waals surface area contributed by atoms with Crippen LogP contribution in [-0.4, -0.2) is 25.9 Å². The Balaban J connectivity index is 2.22. The van der Waals surface area contributed by atoms with Crippen molar-refractivity contribution in [1.29, 1.82) is 0 Å². The first-order valence-corrected chi connectivity index (χ1v) is 9.48. The lowest BCUT2D eigenvalue weighted by Gasteiger charge is -2.20. The summed E-state index contributed by atoms with van der Waals surface area (Å²) in [5, 5.41) is 3.13. The van der Waals surface area contributed by atoms with E-state index in [-0.39, 0.29) is 11.9 Å². The lowest BCUT2D eigenvalue weighted by molar-refractivity contribution is 0.0932. The molecule has 0 bridgehead atoms. The molecule has 0 saturated heterocycles. The summed E-state index contributed by atoms with van der Waals surface area (Å²) < 4.78 is 10.7. The van der Waals surface area contributed by atoms with E-state index in [0.717, 1.165) is 22.6 Å². The molecule has 1 N–H and O–H groups in total. The largest absolute Gasteiger partial charge is 0.493 e. The van der Waals surface area contributed by atoms with Crippen LogP contribution in [0.2, 0.25) is 0 Å². The zero-order valence-electron chi connectivity index (χ0n) is 15.5. The van der Waals surface area contributed by atoms with Gasteiger partial charge in [-0.05, 0) is 36.2 Å². The molecule has 26 heavy (non-hydrogen) atoms. The van der Waals surface area contributed by atoms with Crippen LogP contribution in [0, 0.1) is 0 Å². The minimum atomic E-state index is -0.111. The Morgan fingerprint density at radius 2 is 1.92 bits per heavy atom. The van der Waals surface area contributed by atoms with E-state index >= 15 is 0 Å². The van der Waals surface area contributed by atoms with Crippen molar-refractivity contribution in [3.8, 4) is 11.5 Å². The van der Waals surface area contributed by atoms with Gasteiger partial charge in [0.2, 0.25) is 0 Å². The zero-order valence-corrected chi connectivity index (χ0v) is 16.3. The van der Waals surface area contributed by atoms with Gasteiger partial charge >= 0.3 is 0 Å². The topological polar surface area (TPSA) is 47.6 Å². The molecule has 0 spiro atoms. The van der Waals surface area contributed by atoms with Gasteiger partial charge < -0.3 is 14.8 Å². The number of nitrogens with one attached hydrogen (secondary N) is 1. The van der Waals surface area contributed by atoms with E-state index in [9.17, 15) is 4.79 Å². The van der Waals surface area contributed by atoms with Crippen molar-refractivity contribution in [3.05, 3.63) is 66.2 Å². The molecule has 0 aromatic heterocycles. The fraction of sp³-hybridized carbons (Fsp3) is 0.286. The van der Waals surface area contributed by atoms with Gasteiger partial charge in [0, 0.05) is 10.6 Å². The SMILES string of the molecule is C=CCSc1ccccc1C(=O)NC(CC)c1ccc(OC)c(OC)c1. The Morgan fingerprint density at radius 3 is 2.58 bits per heavy atom. The third-order valence-electron chi connectivity index (χ3n) is 4.01. The molecule has 0 aliphatic heterocycles. The Labute approximate surface area is 159 Å². The zero-order chi connectivity index (χ0) is 18.9. The van der Waals surface area contributed by atoms with E-state index in [1.165, 1.54) is 0 Å². The quantitative estimate of drug-likeness (QED) is 0.505. The van der Waals surface area contributed by atoms with Crippen LogP contribution in [0.4, 0.5) is 0 Å². The number of amides is 1. The molecule has 5 heteroatoms. The predicted octanol–water partition coefficient (Wildman–Crippen LogP) is 4.86. The molecule has 0 saturated carbocycles. The molecular formula is C21H25NO3S. The van der Waals surface area contributed by atoms with Gasteiger partial charge in [0.25, 0.3) is 5.91 Å². The number of benzene rings is 2. The normalized spacial score (nSPS) is 11.5. The lowest BCUT2D eigenvalue weighted by atomic mass is 10.0. The first-order chi connectivity index (χ1) is 12.6. The van der Waals surface area contributed by atoms with E-state index in [1.807, 2.05) is 55.5 Å². The van der Waals surface area contributed by atoms with Gasteiger partial charge in [-0.25, -0.2) is 0 Å². The molecule has 0 heterocycles. The molecule has 0 radical (unpaired) electrons. The standard InChI is InChI=1S/C21H25NO3S/c1-5-13-26-20-10-8-7-9-16(20)21(23)22-17(6-2)15-11-12-18(24-3)19(14-15)25-4/h5,7-12,14,17H,1,6,13H2,2-4H3,(H,22,23). The summed E-state index contributed by atoms with van der Waals surface area (Å²) in [5.74, 6) is 2.00. The highest BCUT2D eigenvalue weighted by atomic mass is 32.2. The van der Waals surface area contributed by atoms with Crippen molar-refractivity contribution in [3.63, 3.8) is 0 Å². The molecule has 2 rings (SSSR count). The molecule has 0 aliphatic carbocycles. The van der Waals surface area contributed by atoms with Crippen LogP contribution in [0.15, 0.2) is 60.0 Å². The fourth-order valence-corrected chi connectivity index (χ4v) is 3.44. The molecule has 0 fully saturated rings. The summed E-state index contributed by atoms with van der Waals surface area (Å²) in [6, 6.07) is 13.2. The second-order valence-corrected chi connectivity index (χ2v) is 6.71. The Hall–Kier alpha value is -2.40. The predicted molar refractivity (Wildman–Crippen MR) is 107 cm³/mol. The molecule has 2 aromatic rings. The van der Waals surface area contributed by atoms with Crippen LogP contribution in [0.1, 0.15) is 35.3 Å². The lowest BCUT2D eigenvalue weighted by Crippen LogP contribution is -2.28. The van der Waals surface area contributed by atoms with Gasteiger partial charge in [-0.1, -0.05) is 31.2 Å². The number of hydrogen-bond donors (Lipinski definition) is 1. The summed E-state index contributed by atoms with van der Waals surface area (Å²) >= 11 is 1.60. The molecule has 0 aliphatic rings. The number of carbonyl (C=O) groups is 1. The number of carbonyl (C=O) groups excluding carboxylic acids is 1. The van der Waals surface area contributed by atoms with Gasteiger partial charge in [-0.2, -0.15) is 0 Å². The van der Waals surface area contributed by atoms with Gasteiger partial charge in [-0.3, -0.25) is 4.79 Å². The maximum Gasteiger partial charge on any atom is 0.252 e. The highest BCUT2D eigenvalue weighted by Gasteiger charge is 2.18. The second-order valence-electron chi connectivity index (χ2n) is 5.64. The number of ether oxygens (including phenoxy) is 2. The molecule has 2 aromatic carbocycles. The third kappa shape index (κ3) is 4.82. The smallest absolute Gasteiger partial charge is 0.252 e. The molecule has 1 amide bonds. The van der Waals surface area contributed by atoms with Crippen LogP contribution in [0.3, 0.4) is 0 Å². The Kier molecular flexibility index (Phi) is 7.60. The summed E-state index contributed by atoms with van der Waals surface area (Å²) in [6.07, 6.45) is 2.60. The third-order valence-corrected chi connectivity index (χ3v) is 5.08. The molecule has 1 unspecified atom stereocenters. The maximum absolute atomic E-state index is 12.8. The Bertz CT molecular complexity index is 761. The number of thioether (sulfide) groups is 1. The molecule has 1 atom stereocenters. The Morgan fingerprint density at radius 1 is 1.19 bits per heavy atom. The van der Waals surface area contributed by atoms with Gasteiger partial charge in [0.05, 0.1) is 25.8 Å². The van der Waals surface area contributed by atoms with Crippen LogP contribution in [0.5, 0.6) is 11.5 Å². The van der Waals surface area contributed by atoms with E-state index in [2.05, 4.69) is 11.9 Å². The van der Waals surface area contributed by atoms with Gasteiger partial charge in [-0.15, -0.1) is 18.3 Å². The van der Waals surface area contributed by atoms with Crippen molar-refractivity contribution in [1.82, 2.24) is 5.32 Å². The fourth-order valence-electron chi connectivity index (χ4n) is 2.66. The van der Waals surface area contributed by atoms with Crippen molar-refractivity contribution in [2.75, 3.05) is 20.0 Å². The van der Waals surface area contributed by atoms with Crippen LogP contribution in [-0.2, 0) is 0 Å². The summed E-state index contributed by atoms with van der Waals surface area (Å²) in [7, 11) is 3.21. The van der Waals surface area contributed by atoms with Crippen LogP contribution < -0.4 is 14.8 Å². The van der Waals surface area contributed by atoms with Crippen molar-refractivity contribution >= 4 is 17.7 Å². The summed E-state index contributed by atoms with van der Waals surface area (Å²) in [4.78, 5) is 13.8. The van der Waals surface area contributed by atoms with Gasteiger partial charge in [0.15, 0.2) is 11.5 Å². The average Bonchev–Trinajstić information content (AvgIpc) is 2.69.